The van der Waals surface area contributed by atoms with E-state index < -0.39 is 0 Å². The average molecular weight is 381 g/mol. The molecule has 0 spiro atoms. The summed E-state index contributed by atoms with van der Waals surface area (Å²) in [6.45, 7) is 3.62. The van der Waals surface area contributed by atoms with Gasteiger partial charge in [-0.05, 0) is 67.6 Å². The minimum absolute atomic E-state index is 0.0333. The SMILES string of the molecule is O=C(O[C@H]1CN2CCC1CC2)N1CCc2cccnc2C1c1ccc(F)cc1. The maximum atomic E-state index is 13.5. The molecule has 0 aliphatic carbocycles. The lowest BCUT2D eigenvalue weighted by molar-refractivity contribution is -0.0464. The second kappa shape index (κ2) is 7.17. The zero-order chi connectivity index (χ0) is 19.1. The molecule has 6 rings (SSSR count). The number of piperidine rings is 3. The number of carbonyl (C=O) groups excluding carboxylic acids is 1. The van der Waals surface area contributed by atoms with Crippen molar-refractivity contribution < 1.29 is 13.9 Å². The molecule has 146 valence electrons. The molecule has 1 amide bonds. The van der Waals surface area contributed by atoms with E-state index in [2.05, 4.69) is 16.0 Å². The maximum Gasteiger partial charge on any atom is 0.410 e. The highest BCUT2D eigenvalue weighted by molar-refractivity contribution is 5.70. The van der Waals surface area contributed by atoms with Crippen LogP contribution in [0.2, 0.25) is 0 Å². The molecule has 0 saturated carbocycles. The van der Waals surface area contributed by atoms with Crippen LogP contribution in [0.4, 0.5) is 9.18 Å². The Morgan fingerprint density at radius 1 is 1.11 bits per heavy atom. The van der Waals surface area contributed by atoms with Crippen LogP contribution in [0.5, 0.6) is 0 Å². The molecule has 1 aromatic heterocycles. The van der Waals surface area contributed by atoms with Crippen molar-refractivity contribution in [2.75, 3.05) is 26.2 Å². The normalized spacial score (nSPS) is 28.7. The summed E-state index contributed by atoms with van der Waals surface area (Å²) in [5.74, 6) is 0.177. The summed E-state index contributed by atoms with van der Waals surface area (Å²) in [6, 6.07) is 9.96. The highest BCUT2D eigenvalue weighted by Gasteiger charge is 2.40. The molecule has 0 radical (unpaired) electrons. The molecule has 1 aromatic carbocycles. The molecule has 28 heavy (non-hydrogen) atoms. The highest BCUT2D eigenvalue weighted by Crippen LogP contribution is 2.36. The van der Waals surface area contributed by atoms with Gasteiger partial charge in [-0.2, -0.15) is 0 Å². The second-order valence-electron chi connectivity index (χ2n) is 8.01. The molecule has 3 saturated heterocycles. The molecule has 5 nitrogen and oxygen atoms in total. The number of benzene rings is 1. The molecule has 2 bridgehead atoms. The van der Waals surface area contributed by atoms with Gasteiger partial charge in [0.05, 0.1) is 5.69 Å². The van der Waals surface area contributed by atoms with Gasteiger partial charge in [0, 0.05) is 19.3 Å². The molecular weight excluding hydrogens is 357 g/mol. The summed E-state index contributed by atoms with van der Waals surface area (Å²) in [4.78, 5) is 21.9. The largest absolute Gasteiger partial charge is 0.444 e. The van der Waals surface area contributed by atoms with Gasteiger partial charge in [0.2, 0.25) is 0 Å². The van der Waals surface area contributed by atoms with Gasteiger partial charge in [-0.25, -0.2) is 9.18 Å². The topological polar surface area (TPSA) is 45.7 Å². The first-order valence-corrected chi connectivity index (χ1v) is 10.1. The second-order valence-corrected chi connectivity index (χ2v) is 8.01. The van der Waals surface area contributed by atoms with Crippen LogP contribution in [0.25, 0.3) is 0 Å². The Hall–Kier alpha value is -2.47. The van der Waals surface area contributed by atoms with E-state index in [1.165, 1.54) is 12.1 Å². The zero-order valence-corrected chi connectivity index (χ0v) is 15.8. The molecule has 2 aromatic rings. The molecule has 1 unspecified atom stereocenters. The van der Waals surface area contributed by atoms with E-state index in [1.807, 2.05) is 6.07 Å². The first-order chi connectivity index (χ1) is 13.7. The summed E-state index contributed by atoms with van der Waals surface area (Å²) >= 11 is 0. The van der Waals surface area contributed by atoms with Gasteiger partial charge in [0.15, 0.2) is 0 Å². The lowest BCUT2D eigenvalue weighted by Crippen LogP contribution is -2.53. The molecule has 4 aliphatic rings. The van der Waals surface area contributed by atoms with Crippen molar-refractivity contribution in [2.45, 2.75) is 31.4 Å². The fourth-order valence-electron chi connectivity index (χ4n) is 4.85. The number of rotatable bonds is 2. The fraction of sp³-hybridized carbons (Fsp3) is 0.455. The highest BCUT2D eigenvalue weighted by atomic mass is 19.1. The molecule has 2 atom stereocenters. The third-order valence-corrected chi connectivity index (χ3v) is 6.39. The van der Waals surface area contributed by atoms with Crippen molar-refractivity contribution in [3.05, 3.63) is 65.2 Å². The van der Waals surface area contributed by atoms with Crippen LogP contribution in [0.15, 0.2) is 42.6 Å². The number of ether oxygens (including phenoxy) is 1. The van der Waals surface area contributed by atoms with Gasteiger partial charge >= 0.3 is 6.09 Å². The first kappa shape index (κ1) is 17.6. The predicted octanol–water partition coefficient (Wildman–Crippen LogP) is 3.40. The Kier molecular flexibility index (Phi) is 4.51. The number of hydrogen-bond donors (Lipinski definition) is 0. The molecule has 4 aliphatic heterocycles. The van der Waals surface area contributed by atoms with E-state index in [1.54, 1.807) is 23.2 Å². The lowest BCUT2D eigenvalue weighted by atomic mass is 9.86. The van der Waals surface area contributed by atoms with Crippen molar-refractivity contribution >= 4 is 6.09 Å². The number of hydrogen-bond acceptors (Lipinski definition) is 4. The van der Waals surface area contributed by atoms with Gasteiger partial charge in [0.1, 0.15) is 18.0 Å². The lowest BCUT2D eigenvalue weighted by Gasteiger charge is -2.45. The van der Waals surface area contributed by atoms with Gasteiger partial charge in [-0.1, -0.05) is 18.2 Å². The number of aromatic nitrogens is 1. The summed E-state index contributed by atoms with van der Waals surface area (Å²) in [6.07, 6.45) is 4.37. The quantitative estimate of drug-likeness (QED) is 0.800. The minimum Gasteiger partial charge on any atom is -0.444 e. The molecule has 0 N–H and O–H groups in total. The van der Waals surface area contributed by atoms with Crippen LogP contribution in [-0.2, 0) is 11.2 Å². The summed E-state index contributed by atoms with van der Waals surface area (Å²) in [5, 5.41) is 0. The van der Waals surface area contributed by atoms with Gasteiger partial charge < -0.3 is 4.74 Å². The summed E-state index contributed by atoms with van der Waals surface area (Å²) in [7, 11) is 0. The Morgan fingerprint density at radius 2 is 1.89 bits per heavy atom. The van der Waals surface area contributed by atoms with Crippen molar-refractivity contribution in [3.8, 4) is 0 Å². The number of fused-ring (bicyclic) bond motifs is 4. The van der Waals surface area contributed by atoms with Gasteiger partial charge in [0.25, 0.3) is 0 Å². The Morgan fingerprint density at radius 3 is 2.61 bits per heavy atom. The number of carbonyl (C=O) groups is 1. The molecule has 3 fully saturated rings. The third-order valence-electron chi connectivity index (χ3n) is 6.39. The van der Waals surface area contributed by atoms with E-state index in [0.717, 1.165) is 55.7 Å². The van der Waals surface area contributed by atoms with E-state index in [4.69, 9.17) is 4.74 Å². The van der Waals surface area contributed by atoms with Crippen LogP contribution < -0.4 is 0 Å². The van der Waals surface area contributed by atoms with Crippen LogP contribution in [0.3, 0.4) is 0 Å². The predicted molar refractivity (Wildman–Crippen MR) is 102 cm³/mol. The molecule has 5 heterocycles. The summed E-state index contributed by atoms with van der Waals surface area (Å²) < 4.78 is 19.5. The van der Waals surface area contributed by atoms with E-state index >= 15 is 0 Å². The monoisotopic (exact) mass is 381 g/mol. The van der Waals surface area contributed by atoms with Crippen molar-refractivity contribution in [1.29, 1.82) is 0 Å². The van der Waals surface area contributed by atoms with E-state index in [0.29, 0.717) is 12.5 Å². The Bertz CT molecular complexity index is 864. The van der Waals surface area contributed by atoms with Crippen LogP contribution in [-0.4, -0.2) is 53.2 Å². The zero-order valence-electron chi connectivity index (χ0n) is 15.8. The third kappa shape index (κ3) is 3.15. The van der Waals surface area contributed by atoms with Crippen LogP contribution in [0.1, 0.15) is 35.7 Å². The van der Waals surface area contributed by atoms with Gasteiger partial charge in [-0.3, -0.25) is 14.8 Å². The fourth-order valence-corrected chi connectivity index (χ4v) is 4.85. The van der Waals surface area contributed by atoms with E-state index in [-0.39, 0.29) is 24.1 Å². The number of nitrogens with zero attached hydrogens (tertiary/aromatic N) is 3. The van der Waals surface area contributed by atoms with Crippen LogP contribution in [0, 0.1) is 11.7 Å². The Balaban J connectivity index is 1.43. The smallest absolute Gasteiger partial charge is 0.410 e. The van der Waals surface area contributed by atoms with Crippen LogP contribution >= 0.6 is 0 Å². The van der Waals surface area contributed by atoms with Crippen molar-refractivity contribution in [3.63, 3.8) is 0 Å². The first-order valence-electron chi connectivity index (χ1n) is 10.1. The number of amides is 1. The number of pyridine rings is 1. The Labute approximate surface area is 164 Å². The summed E-state index contributed by atoms with van der Waals surface area (Å²) in [5.41, 5.74) is 2.84. The van der Waals surface area contributed by atoms with Gasteiger partial charge in [-0.15, -0.1) is 0 Å². The molecular formula is C22H24FN3O2. The molecule has 6 heteroatoms. The van der Waals surface area contributed by atoms with Crippen molar-refractivity contribution in [2.24, 2.45) is 5.92 Å². The standard InChI is InChI=1S/C22H24FN3O2/c23-18-5-3-17(4-6-18)21-20-16(2-1-10-24-20)9-13-26(21)22(27)28-19-14-25-11-7-15(19)8-12-25/h1-6,10,15,19,21H,7-9,11-14H2/t19-,21?/m0/s1. The van der Waals surface area contributed by atoms with Crippen molar-refractivity contribution in [1.82, 2.24) is 14.8 Å². The minimum atomic E-state index is -0.348. The maximum absolute atomic E-state index is 13.5. The van der Waals surface area contributed by atoms with E-state index in [9.17, 15) is 9.18 Å². The average Bonchev–Trinajstić information content (AvgIpc) is 2.74. The number of halogens is 1.